The lowest BCUT2D eigenvalue weighted by Crippen LogP contribution is -1.97. The van der Waals surface area contributed by atoms with Crippen LogP contribution < -0.4 is 4.74 Å². The summed E-state index contributed by atoms with van der Waals surface area (Å²) in [7, 11) is 0. The third-order valence-corrected chi connectivity index (χ3v) is 3.33. The zero-order valence-electron chi connectivity index (χ0n) is 12.0. The second kappa shape index (κ2) is 7.63. The largest absolute Gasteiger partial charge is 0.494 e. The van der Waals surface area contributed by atoms with E-state index in [2.05, 4.69) is 11.9 Å². The first kappa shape index (κ1) is 14.5. The van der Waals surface area contributed by atoms with Crippen LogP contribution in [-0.2, 0) is 0 Å². The standard InChI is InChI=1S/C17H21NO2/c1-2-3-4-5-6-9-20-16-8-7-15-10-14(13-19)12-18-17(15)11-16/h7-8,10-13H,2-6,9H2,1H3. The van der Waals surface area contributed by atoms with Gasteiger partial charge in [0.25, 0.3) is 0 Å². The highest BCUT2D eigenvalue weighted by atomic mass is 16.5. The molecule has 1 heterocycles. The van der Waals surface area contributed by atoms with Crippen LogP contribution in [0.1, 0.15) is 49.4 Å². The minimum atomic E-state index is 0.599. The van der Waals surface area contributed by atoms with Crippen molar-refractivity contribution in [2.45, 2.75) is 39.0 Å². The van der Waals surface area contributed by atoms with Crippen LogP contribution in [0.4, 0.5) is 0 Å². The van der Waals surface area contributed by atoms with Gasteiger partial charge in [-0.3, -0.25) is 9.78 Å². The number of fused-ring (bicyclic) bond motifs is 1. The molecule has 0 aliphatic rings. The second-order valence-electron chi connectivity index (χ2n) is 5.00. The van der Waals surface area contributed by atoms with E-state index in [-0.39, 0.29) is 0 Å². The molecule has 0 atom stereocenters. The maximum Gasteiger partial charge on any atom is 0.151 e. The predicted molar refractivity (Wildman–Crippen MR) is 81.4 cm³/mol. The van der Waals surface area contributed by atoms with E-state index in [0.717, 1.165) is 36.0 Å². The van der Waals surface area contributed by atoms with Gasteiger partial charge in [0.2, 0.25) is 0 Å². The van der Waals surface area contributed by atoms with E-state index >= 15 is 0 Å². The lowest BCUT2D eigenvalue weighted by atomic mass is 10.1. The Labute approximate surface area is 120 Å². The zero-order chi connectivity index (χ0) is 14.2. The van der Waals surface area contributed by atoms with Crippen molar-refractivity contribution >= 4 is 17.2 Å². The van der Waals surface area contributed by atoms with Crippen LogP contribution in [0.5, 0.6) is 5.75 Å². The number of pyridine rings is 1. The monoisotopic (exact) mass is 271 g/mol. The van der Waals surface area contributed by atoms with E-state index in [0.29, 0.717) is 5.56 Å². The number of benzene rings is 1. The van der Waals surface area contributed by atoms with Crippen molar-refractivity contribution in [3.63, 3.8) is 0 Å². The van der Waals surface area contributed by atoms with E-state index in [1.807, 2.05) is 24.3 Å². The van der Waals surface area contributed by atoms with Crippen molar-refractivity contribution in [3.05, 3.63) is 36.0 Å². The average molecular weight is 271 g/mol. The Morgan fingerprint density at radius 1 is 1.15 bits per heavy atom. The molecule has 0 unspecified atom stereocenters. The van der Waals surface area contributed by atoms with E-state index in [1.54, 1.807) is 6.20 Å². The summed E-state index contributed by atoms with van der Waals surface area (Å²) in [5.41, 5.74) is 1.46. The van der Waals surface area contributed by atoms with Gasteiger partial charge in [0, 0.05) is 23.2 Å². The van der Waals surface area contributed by atoms with Crippen molar-refractivity contribution in [2.24, 2.45) is 0 Å². The highest BCUT2D eigenvalue weighted by molar-refractivity contribution is 5.86. The maximum absolute atomic E-state index is 10.7. The third kappa shape index (κ3) is 4.05. The third-order valence-electron chi connectivity index (χ3n) is 3.33. The van der Waals surface area contributed by atoms with Gasteiger partial charge in [0.05, 0.1) is 12.1 Å². The zero-order valence-corrected chi connectivity index (χ0v) is 12.0. The molecule has 0 aliphatic carbocycles. The summed E-state index contributed by atoms with van der Waals surface area (Å²) < 4.78 is 5.74. The number of hydrogen-bond acceptors (Lipinski definition) is 3. The number of aldehydes is 1. The molecule has 2 aromatic rings. The smallest absolute Gasteiger partial charge is 0.151 e. The molecule has 0 aliphatic heterocycles. The van der Waals surface area contributed by atoms with Crippen molar-refractivity contribution in [1.29, 1.82) is 0 Å². The fourth-order valence-electron chi connectivity index (χ4n) is 2.17. The average Bonchev–Trinajstić information content (AvgIpc) is 2.50. The molecule has 0 radical (unpaired) electrons. The number of unbranched alkanes of at least 4 members (excludes halogenated alkanes) is 4. The van der Waals surface area contributed by atoms with Gasteiger partial charge in [-0.15, -0.1) is 0 Å². The van der Waals surface area contributed by atoms with Gasteiger partial charge in [-0.1, -0.05) is 32.6 Å². The Hall–Kier alpha value is -1.90. The SMILES string of the molecule is CCCCCCCOc1ccc2cc(C=O)cnc2c1. The highest BCUT2D eigenvalue weighted by Crippen LogP contribution is 2.20. The molecule has 0 spiro atoms. The molecule has 106 valence electrons. The first-order valence-corrected chi connectivity index (χ1v) is 7.31. The van der Waals surface area contributed by atoms with Crippen molar-refractivity contribution in [1.82, 2.24) is 4.98 Å². The number of carbonyl (C=O) groups excluding carboxylic acids is 1. The van der Waals surface area contributed by atoms with E-state index in [1.165, 1.54) is 25.7 Å². The predicted octanol–water partition coefficient (Wildman–Crippen LogP) is 4.40. The van der Waals surface area contributed by atoms with Crippen LogP contribution in [0.3, 0.4) is 0 Å². The summed E-state index contributed by atoms with van der Waals surface area (Å²) in [4.78, 5) is 15.0. The van der Waals surface area contributed by atoms with Gasteiger partial charge < -0.3 is 4.74 Å². The Kier molecular flexibility index (Phi) is 5.54. The normalized spacial score (nSPS) is 10.7. The Morgan fingerprint density at radius 3 is 2.80 bits per heavy atom. The fourth-order valence-corrected chi connectivity index (χ4v) is 2.17. The molecule has 0 N–H and O–H groups in total. The summed E-state index contributed by atoms with van der Waals surface area (Å²) in [5.74, 6) is 0.847. The van der Waals surface area contributed by atoms with Crippen molar-refractivity contribution in [3.8, 4) is 5.75 Å². The van der Waals surface area contributed by atoms with Gasteiger partial charge in [0.1, 0.15) is 5.75 Å². The van der Waals surface area contributed by atoms with Crippen LogP contribution in [-0.4, -0.2) is 17.9 Å². The van der Waals surface area contributed by atoms with Crippen molar-refractivity contribution in [2.75, 3.05) is 6.61 Å². The molecule has 3 nitrogen and oxygen atoms in total. The molecule has 0 amide bonds. The number of hydrogen-bond donors (Lipinski definition) is 0. The number of nitrogens with zero attached hydrogens (tertiary/aromatic N) is 1. The Balaban J connectivity index is 1.89. The first-order chi connectivity index (χ1) is 9.83. The first-order valence-electron chi connectivity index (χ1n) is 7.31. The summed E-state index contributed by atoms with van der Waals surface area (Å²) in [6, 6.07) is 7.65. The van der Waals surface area contributed by atoms with Crippen LogP contribution in [0.15, 0.2) is 30.5 Å². The van der Waals surface area contributed by atoms with Crippen LogP contribution in [0.2, 0.25) is 0 Å². The molecule has 1 aromatic heterocycles. The topological polar surface area (TPSA) is 39.2 Å². The van der Waals surface area contributed by atoms with Gasteiger partial charge in [-0.05, 0) is 24.6 Å². The number of aromatic nitrogens is 1. The molecule has 3 heteroatoms. The summed E-state index contributed by atoms with van der Waals surface area (Å²) in [6.45, 7) is 2.97. The molecule has 2 rings (SSSR count). The minimum Gasteiger partial charge on any atom is -0.494 e. The molecule has 0 saturated heterocycles. The fraction of sp³-hybridized carbons (Fsp3) is 0.412. The molecule has 0 bridgehead atoms. The maximum atomic E-state index is 10.7. The summed E-state index contributed by atoms with van der Waals surface area (Å²) in [5, 5.41) is 0.963. The molecule has 20 heavy (non-hydrogen) atoms. The van der Waals surface area contributed by atoms with E-state index in [4.69, 9.17) is 4.74 Å². The van der Waals surface area contributed by atoms with Crippen LogP contribution in [0, 0.1) is 0 Å². The lowest BCUT2D eigenvalue weighted by molar-refractivity contribution is 0.112. The molecule has 1 aromatic carbocycles. The molecular formula is C17H21NO2. The number of ether oxygens (including phenoxy) is 1. The van der Waals surface area contributed by atoms with Gasteiger partial charge >= 0.3 is 0 Å². The number of carbonyl (C=O) groups is 1. The van der Waals surface area contributed by atoms with E-state index in [9.17, 15) is 4.79 Å². The van der Waals surface area contributed by atoms with Crippen molar-refractivity contribution < 1.29 is 9.53 Å². The van der Waals surface area contributed by atoms with Crippen LogP contribution in [0.25, 0.3) is 10.9 Å². The van der Waals surface area contributed by atoms with Gasteiger partial charge in [0.15, 0.2) is 6.29 Å². The summed E-state index contributed by atoms with van der Waals surface area (Å²) in [6.07, 6.45) is 8.57. The summed E-state index contributed by atoms with van der Waals surface area (Å²) >= 11 is 0. The number of rotatable bonds is 8. The molecular weight excluding hydrogens is 250 g/mol. The van der Waals surface area contributed by atoms with Gasteiger partial charge in [-0.2, -0.15) is 0 Å². The quantitative estimate of drug-likeness (QED) is 0.528. The minimum absolute atomic E-state index is 0.599. The van der Waals surface area contributed by atoms with Gasteiger partial charge in [-0.25, -0.2) is 0 Å². The van der Waals surface area contributed by atoms with E-state index < -0.39 is 0 Å². The molecule has 0 saturated carbocycles. The Bertz CT molecular complexity index is 566. The second-order valence-corrected chi connectivity index (χ2v) is 5.00. The Morgan fingerprint density at radius 2 is 2.00 bits per heavy atom. The highest BCUT2D eigenvalue weighted by Gasteiger charge is 2.00. The van der Waals surface area contributed by atoms with Crippen LogP contribution >= 0.6 is 0 Å². The lowest BCUT2D eigenvalue weighted by Gasteiger charge is -2.07. The molecule has 0 fully saturated rings.